The van der Waals surface area contributed by atoms with E-state index in [1.54, 1.807) is 6.07 Å². The van der Waals surface area contributed by atoms with E-state index in [0.717, 1.165) is 28.5 Å². The van der Waals surface area contributed by atoms with Crippen molar-refractivity contribution in [3.05, 3.63) is 23.8 Å². The van der Waals surface area contributed by atoms with Crippen LogP contribution >= 0.6 is 0 Å². The second-order valence-corrected chi connectivity index (χ2v) is 6.96. The van der Waals surface area contributed by atoms with Crippen LogP contribution in [0.1, 0.15) is 12.0 Å². The number of rotatable bonds is 2. The number of piperazine rings is 1. The smallest absolute Gasteiger partial charge is 0.244 e. The topological polar surface area (TPSA) is 95.6 Å². The van der Waals surface area contributed by atoms with Crippen molar-refractivity contribution in [3.8, 4) is 0 Å². The maximum atomic E-state index is 12.7. The predicted molar refractivity (Wildman–Crippen MR) is 75.2 cm³/mol. The van der Waals surface area contributed by atoms with Gasteiger partial charge in [0.1, 0.15) is 0 Å². The van der Waals surface area contributed by atoms with Crippen molar-refractivity contribution in [1.82, 2.24) is 9.62 Å². The van der Waals surface area contributed by atoms with Gasteiger partial charge in [-0.1, -0.05) is 6.07 Å². The van der Waals surface area contributed by atoms with Crippen molar-refractivity contribution in [1.29, 1.82) is 0 Å². The number of nitrogens with zero attached hydrogens (tertiary/aromatic N) is 1. The average Bonchev–Trinajstić information content (AvgIpc) is 2.45. The van der Waals surface area contributed by atoms with E-state index in [0.29, 0.717) is 6.42 Å². The van der Waals surface area contributed by atoms with Crippen molar-refractivity contribution >= 4 is 27.5 Å². The molecule has 8 heteroatoms. The maximum Gasteiger partial charge on any atom is 0.244 e. The lowest BCUT2D eigenvalue weighted by molar-refractivity contribution is -0.134. The SMILES string of the molecule is O=C1CN(S(=O)(=O)c2cccc3c2CCCN3)CC(=O)N1. The Kier molecular flexibility index (Phi) is 3.42. The van der Waals surface area contributed by atoms with Gasteiger partial charge in [-0.2, -0.15) is 4.31 Å². The van der Waals surface area contributed by atoms with Crippen molar-refractivity contribution in [3.63, 3.8) is 0 Å². The van der Waals surface area contributed by atoms with Gasteiger partial charge in [-0.3, -0.25) is 14.9 Å². The number of carbonyl (C=O) groups excluding carboxylic acids is 2. The largest absolute Gasteiger partial charge is 0.385 e. The summed E-state index contributed by atoms with van der Waals surface area (Å²) in [5, 5.41) is 5.27. The van der Waals surface area contributed by atoms with Crippen LogP contribution in [0.15, 0.2) is 23.1 Å². The van der Waals surface area contributed by atoms with Gasteiger partial charge in [0.15, 0.2) is 0 Å². The van der Waals surface area contributed by atoms with Crippen LogP contribution in [-0.2, 0) is 26.0 Å². The molecule has 0 atom stereocenters. The van der Waals surface area contributed by atoms with Crippen LogP contribution < -0.4 is 10.6 Å². The van der Waals surface area contributed by atoms with Crippen molar-refractivity contribution in [2.75, 3.05) is 25.0 Å². The molecule has 1 fully saturated rings. The van der Waals surface area contributed by atoms with Crippen molar-refractivity contribution in [2.45, 2.75) is 17.7 Å². The van der Waals surface area contributed by atoms with Crippen LogP contribution in [-0.4, -0.2) is 44.2 Å². The molecule has 2 heterocycles. The van der Waals surface area contributed by atoms with Gasteiger partial charge in [0.25, 0.3) is 0 Å². The van der Waals surface area contributed by atoms with E-state index in [4.69, 9.17) is 0 Å². The molecule has 2 aliphatic heterocycles. The van der Waals surface area contributed by atoms with E-state index in [-0.39, 0.29) is 18.0 Å². The van der Waals surface area contributed by atoms with Crippen LogP contribution in [0.4, 0.5) is 5.69 Å². The molecule has 2 amide bonds. The fraction of sp³-hybridized carbons (Fsp3) is 0.385. The van der Waals surface area contributed by atoms with Gasteiger partial charge in [0, 0.05) is 12.2 Å². The van der Waals surface area contributed by atoms with E-state index < -0.39 is 21.8 Å². The zero-order valence-corrected chi connectivity index (χ0v) is 12.1. The Balaban J connectivity index is 2.02. The summed E-state index contributed by atoms with van der Waals surface area (Å²) in [6.45, 7) is 0.150. The number of hydrogen-bond donors (Lipinski definition) is 2. The summed E-state index contributed by atoms with van der Waals surface area (Å²) >= 11 is 0. The predicted octanol–water partition coefficient (Wildman–Crippen LogP) is -0.308. The number of nitrogens with one attached hydrogen (secondary N) is 2. The average molecular weight is 309 g/mol. The van der Waals surface area contributed by atoms with Gasteiger partial charge in [0.05, 0.1) is 18.0 Å². The zero-order valence-electron chi connectivity index (χ0n) is 11.3. The molecule has 1 aromatic carbocycles. The number of fused-ring (bicyclic) bond motifs is 1. The molecule has 0 aromatic heterocycles. The molecule has 0 spiro atoms. The highest BCUT2D eigenvalue weighted by molar-refractivity contribution is 7.89. The number of anilines is 1. The minimum Gasteiger partial charge on any atom is -0.385 e. The summed E-state index contributed by atoms with van der Waals surface area (Å²) in [6.07, 6.45) is 1.50. The van der Waals surface area contributed by atoms with Gasteiger partial charge in [0.2, 0.25) is 21.8 Å². The number of carbonyl (C=O) groups is 2. The third kappa shape index (κ3) is 2.52. The molecule has 21 heavy (non-hydrogen) atoms. The van der Waals surface area contributed by atoms with Gasteiger partial charge < -0.3 is 5.32 Å². The second-order valence-electron chi connectivity index (χ2n) is 5.06. The monoisotopic (exact) mass is 309 g/mol. The normalized spacial score (nSPS) is 19.6. The highest BCUT2D eigenvalue weighted by Crippen LogP contribution is 2.30. The molecule has 7 nitrogen and oxygen atoms in total. The van der Waals surface area contributed by atoms with Crippen LogP contribution in [0.3, 0.4) is 0 Å². The van der Waals surface area contributed by atoms with Crippen molar-refractivity contribution in [2.24, 2.45) is 0 Å². The van der Waals surface area contributed by atoms with Crippen LogP contribution in [0, 0.1) is 0 Å². The molecular formula is C13H15N3O4S. The Bertz CT molecular complexity index is 698. The first-order valence-corrected chi connectivity index (χ1v) is 8.11. The Labute approximate surface area is 122 Å². The second kappa shape index (κ2) is 5.12. The highest BCUT2D eigenvalue weighted by Gasteiger charge is 2.34. The number of imide groups is 1. The minimum atomic E-state index is -3.86. The van der Waals surface area contributed by atoms with Gasteiger partial charge in [-0.05, 0) is 30.5 Å². The minimum absolute atomic E-state index is 0.176. The lowest BCUT2D eigenvalue weighted by Crippen LogP contribution is -2.53. The molecule has 1 saturated heterocycles. The Morgan fingerprint density at radius 1 is 1.10 bits per heavy atom. The summed E-state index contributed by atoms with van der Waals surface area (Å²) in [5.41, 5.74) is 1.53. The van der Waals surface area contributed by atoms with Gasteiger partial charge in [-0.25, -0.2) is 8.42 Å². The first-order chi connectivity index (χ1) is 9.98. The first-order valence-electron chi connectivity index (χ1n) is 6.67. The molecular weight excluding hydrogens is 294 g/mol. The van der Waals surface area contributed by atoms with E-state index >= 15 is 0 Å². The summed E-state index contributed by atoms with van der Waals surface area (Å²) in [6, 6.07) is 5.02. The van der Waals surface area contributed by atoms with Crippen molar-refractivity contribution < 1.29 is 18.0 Å². The van der Waals surface area contributed by atoms with E-state index in [2.05, 4.69) is 10.6 Å². The number of amides is 2. The lowest BCUT2D eigenvalue weighted by Gasteiger charge is -2.27. The van der Waals surface area contributed by atoms with Gasteiger partial charge in [-0.15, -0.1) is 0 Å². The first kappa shape index (κ1) is 14.0. The quantitative estimate of drug-likeness (QED) is 0.731. The lowest BCUT2D eigenvalue weighted by atomic mass is 10.0. The molecule has 0 radical (unpaired) electrons. The fourth-order valence-electron chi connectivity index (χ4n) is 2.64. The Morgan fingerprint density at radius 3 is 2.52 bits per heavy atom. The number of hydrogen-bond acceptors (Lipinski definition) is 5. The third-order valence-corrected chi connectivity index (χ3v) is 5.46. The van der Waals surface area contributed by atoms with Crippen LogP contribution in [0.2, 0.25) is 0 Å². The number of sulfonamides is 1. The van der Waals surface area contributed by atoms with E-state index in [1.807, 2.05) is 6.07 Å². The molecule has 0 unspecified atom stereocenters. The summed E-state index contributed by atoms with van der Waals surface area (Å²) in [5.74, 6) is -1.20. The molecule has 0 bridgehead atoms. The van der Waals surface area contributed by atoms with E-state index in [9.17, 15) is 18.0 Å². The Hall–Kier alpha value is -1.93. The maximum absolute atomic E-state index is 12.7. The Morgan fingerprint density at radius 2 is 1.81 bits per heavy atom. The van der Waals surface area contributed by atoms with Crippen LogP contribution in [0.5, 0.6) is 0 Å². The molecule has 3 rings (SSSR count). The standard InChI is InChI=1S/C13H15N3O4S/c17-12-7-16(8-13(18)15-12)21(19,20)11-5-1-4-10-9(11)3-2-6-14-10/h1,4-5,14H,2-3,6-8H2,(H,15,17,18). The van der Waals surface area contributed by atoms with Crippen LogP contribution in [0.25, 0.3) is 0 Å². The summed E-state index contributed by atoms with van der Waals surface area (Å²) in [4.78, 5) is 23.0. The highest BCUT2D eigenvalue weighted by atomic mass is 32.2. The molecule has 0 aliphatic carbocycles. The summed E-state index contributed by atoms with van der Waals surface area (Å²) in [7, 11) is -3.86. The zero-order chi connectivity index (χ0) is 15.0. The molecule has 1 aromatic rings. The molecule has 2 N–H and O–H groups in total. The molecule has 2 aliphatic rings. The third-order valence-electron chi connectivity index (χ3n) is 3.59. The summed E-state index contributed by atoms with van der Waals surface area (Å²) < 4.78 is 26.4. The van der Waals surface area contributed by atoms with Gasteiger partial charge >= 0.3 is 0 Å². The molecule has 0 saturated carbocycles. The fourth-order valence-corrected chi connectivity index (χ4v) is 4.27. The number of benzene rings is 1. The molecule has 112 valence electrons. The van der Waals surface area contributed by atoms with E-state index in [1.165, 1.54) is 6.07 Å².